The summed E-state index contributed by atoms with van der Waals surface area (Å²) in [5.41, 5.74) is 2.81. The number of hydrogen-bond acceptors (Lipinski definition) is 6. The highest BCUT2D eigenvalue weighted by Crippen LogP contribution is 2.25. The van der Waals surface area contributed by atoms with Gasteiger partial charge in [0.25, 0.3) is 5.56 Å². The van der Waals surface area contributed by atoms with Crippen LogP contribution in [0.1, 0.15) is 31.7 Å². The Morgan fingerprint density at radius 3 is 2.46 bits per heavy atom. The van der Waals surface area contributed by atoms with Crippen molar-refractivity contribution in [3.63, 3.8) is 0 Å². The highest BCUT2D eigenvalue weighted by molar-refractivity contribution is 7.99. The quantitative estimate of drug-likeness (QED) is 0.232. The lowest BCUT2D eigenvalue weighted by Gasteiger charge is -2.17. The molecule has 5 aromatic rings. The van der Waals surface area contributed by atoms with E-state index >= 15 is 0 Å². The fourth-order valence-corrected chi connectivity index (χ4v) is 5.55. The zero-order valence-electron chi connectivity index (χ0n) is 22.9. The van der Waals surface area contributed by atoms with Crippen LogP contribution in [0.2, 0.25) is 5.02 Å². The minimum Gasteiger partial charge on any atom is -0.336 e. The lowest BCUT2D eigenvalue weighted by atomic mass is 9.98. The first-order chi connectivity index (χ1) is 19.8. The molecule has 2 aromatic heterocycles. The standard InChI is InChI=1S/C30H29ClN6O3S/c1-4-19(2)20-13-15-21(16-14-20)36-28(40)22-9-5-8-12-25(22)37-29(36)33-34-30(37)41-18-27(39)35(3)17-26(38)32-24-11-7-6-10-23(24)31/h5-16,19H,4,17-18H2,1-3H3,(H,32,38)/t19-/m0/s1. The monoisotopic (exact) mass is 588 g/mol. The summed E-state index contributed by atoms with van der Waals surface area (Å²) in [5, 5.41) is 12.8. The predicted molar refractivity (Wildman–Crippen MR) is 163 cm³/mol. The van der Waals surface area contributed by atoms with Crippen LogP contribution < -0.4 is 10.9 Å². The van der Waals surface area contributed by atoms with Gasteiger partial charge in [-0.15, -0.1) is 10.2 Å². The second-order valence-corrected chi connectivity index (χ2v) is 11.1. The first-order valence-corrected chi connectivity index (χ1v) is 14.5. The van der Waals surface area contributed by atoms with Crippen molar-refractivity contribution in [1.82, 2.24) is 24.1 Å². The van der Waals surface area contributed by atoms with Crippen molar-refractivity contribution in [2.24, 2.45) is 0 Å². The molecule has 1 N–H and O–H groups in total. The number of rotatable bonds is 9. The van der Waals surface area contributed by atoms with Gasteiger partial charge in [0.15, 0.2) is 5.16 Å². The number of aromatic nitrogens is 4. The summed E-state index contributed by atoms with van der Waals surface area (Å²) in [6.07, 6.45) is 1.02. The Morgan fingerprint density at radius 1 is 1.02 bits per heavy atom. The first-order valence-electron chi connectivity index (χ1n) is 13.2. The van der Waals surface area contributed by atoms with E-state index in [1.165, 1.54) is 22.2 Å². The van der Waals surface area contributed by atoms with Crippen LogP contribution in [-0.2, 0) is 9.59 Å². The molecule has 0 bridgehead atoms. The first kappa shape index (κ1) is 28.4. The number of benzene rings is 3. The summed E-state index contributed by atoms with van der Waals surface area (Å²) >= 11 is 7.30. The molecule has 5 rings (SSSR count). The maximum Gasteiger partial charge on any atom is 0.267 e. The number of nitrogens with one attached hydrogen (secondary N) is 1. The zero-order chi connectivity index (χ0) is 29.1. The maximum absolute atomic E-state index is 13.6. The minimum atomic E-state index is -0.360. The number of carbonyl (C=O) groups excluding carboxylic acids is 2. The number of carbonyl (C=O) groups is 2. The van der Waals surface area contributed by atoms with Crippen LogP contribution in [0.5, 0.6) is 0 Å². The van der Waals surface area contributed by atoms with Crippen LogP contribution in [-0.4, -0.2) is 55.2 Å². The molecule has 9 nitrogen and oxygen atoms in total. The van der Waals surface area contributed by atoms with Crippen LogP contribution in [0.15, 0.2) is 82.7 Å². The SMILES string of the molecule is CC[C@H](C)c1ccc(-n2c(=O)c3ccccc3n3c(SCC(=O)N(C)CC(=O)Nc4ccccc4Cl)nnc23)cc1. The number of hydrogen-bond donors (Lipinski definition) is 1. The summed E-state index contributed by atoms with van der Waals surface area (Å²) in [4.78, 5) is 40.4. The van der Waals surface area contributed by atoms with E-state index in [4.69, 9.17) is 11.6 Å². The van der Waals surface area contributed by atoms with Crippen LogP contribution in [0.4, 0.5) is 5.69 Å². The zero-order valence-corrected chi connectivity index (χ0v) is 24.4. The summed E-state index contributed by atoms with van der Waals surface area (Å²) in [6.45, 7) is 4.17. The summed E-state index contributed by atoms with van der Waals surface area (Å²) < 4.78 is 3.34. The van der Waals surface area contributed by atoms with Gasteiger partial charge in [0.2, 0.25) is 17.6 Å². The van der Waals surface area contributed by atoms with E-state index in [-0.39, 0.29) is 29.7 Å². The van der Waals surface area contributed by atoms with Gasteiger partial charge >= 0.3 is 0 Å². The fraction of sp³-hybridized carbons (Fsp3) is 0.233. The average Bonchev–Trinajstić information content (AvgIpc) is 3.40. The van der Waals surface area contributed by atoms with Gasteiger partial charge in [-0.25, -0.2) is 4.57 Å². The van der Waals surface area contributed by atoms with Crippen LogP contribution >= 0.6 is 23.4 Å². The number of amides is 2. The van der Waals surface area contributed by atoms with E-state index < -0.39 is 0 Å². The van der Waals surface area contributed by atoms with Gasteiger partial charge in [-0.3, -0.25) is 18.8 Å². The number of para-hydroxylation sites is 2. The number of halogens is 1. The molecule has 41 heavy (non-hydrogen) atoms. The molecule has 0 fully saturated rings. The Bertz CT molecular complexity index is 1800. The summed E-state index contributed by atoms with van der Waals surface area (Å²) in [7, 11) is 1.56. The van der Waals surface area contributed by atoms with E-state index in [0.717, 1.165) is 6.42 Å². The molecule has 0 saturated heterocycles. The van der Waals surface area contributed by atoms with Gasteiger partial charge in [0.05, 0.1) is 39.6 Å². The molecule has 0 spiro atoms. The molecule has 0 saturated carbocycles. The average molecular weight is 589 g/mol. The number of thioether (sulfide) groups is 1. The van der Waals surface area contributed by atoms with E-state index in [9.17, 15) is 14.4 Å². The molecule has 0 aliphatic rings. The molecular formula is C30H29ClN6O3S. The molecule has 2 heterocycles. The topological polar surface area (TPSA) is 102 Å². The lowest BCUT2D eigenvalue weighted by molar-refractivity contribution is -0.131. The van der Waals surface area contributed by atoms with Gasteiger partial charge in [0, 0.05) is 7.05 Å². The van der Waals surface area contributed by atoms with Gasteiger partial charge < -0.3 is 10.2 Å². The highest BCUT2D eigenvalue weighted by atomic mass is 35.5. The summed E-state index contributed by atoms with van der Waals surface area (Å²) in [5.74, 6) is 0.160. The van der Waals surface area contributed by atoms with E-state index in [1.54, 1.807) is 46.3 Å². The Morgan fingerprint density at radius 2 is 1.73 bits per heavy atom. The van der Waals surface area contributed by atoms with Crippen molar-refractivity contribution in [2.75, 3.05) is 24.7 Å². The van der Waals surface area contributed by atoms with Crippen LogP contribution in [0.25, 0.3) is 22.4 Å². The van der Waals surface area contributed by atoms with Gasteiger partial charge in [-0.05, 0) is 54.3 Å². The van der Waals surface area contributed by atoms with Crippen molar-refractivity contribution < 1.29 is 9.59 Å². The van der Waals surface area contributed by atoms with Gasteiger partial charge in [0.1, 0.15) is 0 Å². The fourth-order valence-electron chi connectivity index (χ4n) is 4.48. The van der Waals surface area contributed by atoms with E-state index in [1.807, 2.05) is 42.5 Å². The molecular weight excluding hydrogens is 560 g/mol. The van der Waals surface area contributed by atoms with Gasteiger partial charge in [-0.2, -0.15) is 0 Å². The third kappa shape index (κ3) is 5.84. The highest BCUT2D eigenvalue weighted by Gasteiger charge is 2.20. The van der Waals surface area contributed by atoms with Crippen LogP contribution in [0, 0.1) is 0 Å². The van der Waals surface area contributed by atoms with E-state index in [2.05, 4.69) is 29.4 Å². The van der Waals surface area contributed by atoms with Crippen molar-refractivity contribution in [2.45, 2.75) is 31.3 Å². The maximum atomic E-state index is 13.6. The third-order valence-electron chi connectivity index (χ3n) is 7.01. The van der Waals surface area contributed by atoms with Crippen molar-refractivity contribution in [3.8, 4) is 5.69 Å². The van der Waals surface area contributed by atoms with Crippen molar-refractivity contribution in [1.29, 1.82) is 0 Å². The Kier molecular flexibility index (Phi) is 8.41. The van der Waals surface area contributed by atoms with E-state index in [0.29, 0.717) is 44.2 Å². The van der Waals surface area contributed by atoms with Crippen LogP contribution in [0.3, 0.4) is 0 Å². The molecule has 1 atom stereocenters. The van der Waals surface area contributed by atoms with Crippen molar-refractivity contribution in [3.05, 3.63) is 93.7 Å². The number of fused-ring (bicyclic) bond motifs is 3. The molecule has 0 unspecified atom stereocenters. The Labute approximate surface area is 246 Å². The number of anilines is 1. The molecule has 11 heteroatoms. The molecule has 3 aromatic carbocycles. The largest absolute Gasteiger partial charge is 0.336 e. The normalized spacial score (nSPS) is 12.0. The number of nitrogens with zero attached hydrogens (tertiary/aromatic N) is 5. The molecule has 0 radical (unpaired) electrons. The molecule has 0 aliphatic carbocycles. The number of likely N-dealkylation sites (N-methyl/N-ethyl adjacent to an activating group) is 1. The molecule has 210 valence electrons. The second kappa shape index (κ2) is 12.2. The minimum absolute atomic E-state index is 0.0216. The lowest BCUT2D eigenvalue weighted by Crippen LogP contribution is -2.36. The second-order valence-electron chi connectivity index (χ2n) is 9.74. The molecule has 0 aliphatic heterocycles. The van der Waals surface area contributed by atoms with Crippen molar-refractivity contribution >= 4 is 57.5 Å². The molecule has 2 amide bonds. The summed E-state index contributed by atoms with van der Waals surface area (Å²) in [6, 6.07) is 22.1. The smallest absolute Gasteiger partial charge is 0.267 e. The Hall–Kier alpha value is -4.15. The van der Waals surface area contributed by atoms with Gasteiger partial charge in [-0.1, -0.05) is 73.6 Å². The predicted octanol–water partition coefficient (Wildman–Crippen LogP) is 5.39. The third-order valence-corrected chi connectivity index (χ3v) is 8.25. The Balaban J connectivity index is 1.40.